The first-order chi connectivity index (χ1) is 19.1. The number of alkyl halides is 3. The van der Waals surface area contributed by atoms with Gasteiger partial charge in [0.25, 0.3) is 5.91 Å². The number of halogens is 3. The van der Waals surface area contributed by atoms with Gasteiger partial charge in [0.05, 0.1) is 10.8 Å². The average Bonchev–Trinajstić information content (AvgIpc) is 2.94. The summed E-state index contributed by atoms with van der Waals surface area (Å²) >= 11 is 1.50. The molecular weight excluding hydrogens is 569 g/mol. The maximum absolute atomic E-state index is 13.7. The Kier molecular flexibility index (Phi) is 10.4. The molecule has 2 aromatic rings. The Hall–Kier alpha value is -2.32. The number of sulfonamides is 1. The second kappa shape index (κ2) is 13.6. The van der Waals surface area contributed by atoms with Crippen LogP contribution in [0.15, 0.2) is 58.3 Å². The van der Waals surface area contributed by atoms with Crippen molar-refractivity contribution in [3.05, 3.63) is 54.1 Å². The Morgan fingerprint density at radius 3 is 2.42 bits per heavy atom. The Labute approximate surface area is 236 Å². The average molecular weight is 603 g/mol. The molecule has 2 aliphatic rings. The Morgan fingerprint density at radius 2 is 1.80 bits per heavy atom. The van der Waals surface area contributed by atoms with Gasteiger partial charge < -0.3 is 9.47 Å². The predicted octanol–water partition coefficient (Wildman–Crippen LogP) is 5.60. The molecule has 0 bridgehead atoms. The topological polar surface area (TPSA) is 94.2 Å². The molecular formula is C27H33F3N2O6S2. The molecule has 13 heteroatoms. The Morgan fingerprint density at radius 1 is 1.10 bits per heavy atom. The summed E-state index contributed by atoms with van der Waals surface area (Å²) < 4.78 is 75.4. The maximum atomic E-state index is 13.7. The molecule has 1 amide bonds. The molecule has 2 aliphatic heterocycles. The van der Waals surface area contributed by atoms with Gasteiger partial charge in [0.2, 0.25) is 10.0 Å². The van der Waals surface area contributed by atoms with Crippen molar-refractivity contribution in [1.29, 1.82) is 0 Å². The lowest BCUT2D eigenvalue weighted by Crippen LogP contribution is -2.40. The van der Waals surface area contributed by atoms with Gasteiger partial charge in [-0.05, 0) is 68.0 Å². The molecule has 0 spiro atoms. The summed E-state index contributed by atoms with van der Waals surface area (Å²) in [7, 11) is -3.88. The van der Waals surface area contributed by atoms with E-state index in [-0.39, 0.29) is 29.0 Å². The maximum Gasteiger partial charge on any atom is 0.573 e. The summed E-state index contributed by atoms with van der Waals surface area (Å²) in [6, 6.07) is 12.2. The quantitative estimate of drug-likeness (QED) is 0.354. The fourth-order valence-corrected chi connectivity index (χ4v) is 7.64. The van der Waals surface area contributed by atoms with E-state index in [0.29, 0.717) is 37.9 Å². The van der Waals surface area contributed by atoms with Gasteiger partial charge >= 0.3 is 6.36 Å². The standard InChI is InChI=1S/C27H33F3N2O6S2/c1-2-22(26(33)31-38-25-9-5-6-18-36-25)23-7-3-4-8-24(23)40(34,35)32-16-14-21(15-17-32)39-20-12-10-19(11-13-20)37-27(28,29)30/h3-4,7-8,10-13,21-22,25H,2,5-6,9,14-18H2,1H3,(H,31,33). The Balaban J connectivity index is 1.38. The van der Waals surface area contributed by atoms with Crippen molar-refractivity contribution in [2.45, 2.75) is 79.1 Å². The molecule has 0 radical (unpaired) electrons. The number of thioether (sulfide) groups is 1. The van der Waals surface area contributed by atoms with Crippen LogP contribution < -0.4 is 10.2 Å². The van der Waals surface area contributed by atoms with Crippen molar-refractivity contribution in [3.8, 4) is 5.75 Å². The van der Waals surface area contributed by atoms with Crippen LogP contribution in [0.4, 0.5) is 13.2 Å². The van der Waals surface area contributed by atoms with Crippen LogP contribution in [0.2, 0.25) is 0 Å². The number of rotatable bonds is 10. The zero-order chi connectivity index (χ0) is 28.8. The first-order valence-electron chi connectivity index (χ1n) is 13.3. The van der Waals surface area contributed by atoms with Gasteiger partial charge in [-0.25, -0.2) is 18.7 Å². The summed E-state index contributed by atoms with van der Waals surface area (Å²) in [5.74, 6) is -1.45. The number of carbonyl (C=O) groups is 1. The third-order valence-corrected chi connectivity index (χ3v) is 10.1. The van der Waals surface area contributed by atoms with E-state index in [1.165, 1.54) is 34.3 Å². The lowest BCUT2D eigenvalue weighted by atomic mass is 9.96. The second-order valence-corrected chi connectivity index (χ2v) is 12.9. The van der Waals surface area contributed by atoms with Gasteiger partial charge in [0, 0.05) is 36.3 Å². The fraction of sp³-hybridized carbons (Fsp3) is 0.519. The second-order valence-electron chi connectivity index (χ2n) is 9.62. The molecule has 220 valence electrons. The third kappa shape index (κ3) is 8.12. The van der Waals surface area contributed by atoms with Crippen LogP contribution >= 0.6 is 11.8 Å². The number of ether oxygens (including phenoxy) is 2. The number of carbonyl (C=O) groups excluding carboxylic acids is 1. The van der Waals surface area contributed by atoms with Crippen LogP contribution in [0.25, 0.3) is 0 Å². The van der Waals surface area contributed by atoms with Crippen molar-refractivity contribution in [3.63, 3.8) is 0 Å². The first-order valence-corrected chi connectivity index (χ1v) is 15.6. The van der Waals surface area contributed by atoms with Crippen LogP contribution in [-0.2, 0) is 24.4 Å². The van der Waals surface area contributed by atoms with E-state index in [1.54, 1.807) is 30.3 Å². The van der Waals surface area contributed by atoms with Crippen LogP contribution in [-0.4, -0.2) is 56.2 Å². The van der Waals surface area contributed by atoms with Gasteiger partial charge in [-0.15, -0.1) is 24.9 Å². The zero-order valence-corrected chi connectivity index (χ0v) is 23.7. The number of benzene rings is 2. The molecule has 0 saturated carbocycles. The lowest BCUT2D eigenvalue weighted by molar-refractivity contribution is -0.274. The van der Waals surface area contributed by atoms with Crippen molar-refractivity contribution >= 4 is 27.7 Å². The largest absolute Gasteiger partial charge is 0.573 e. The van der Waals surface area contributed by atoms with Gasteiger partial charge in [0.15, 0.2) is 6.29 Å². The highest BCUT2D eigenvalue weighted by atomic mass is 32.2. The fourth-order valence-electron chi connectivity index (χ4n) is 4.79. The van der Waals surface area contributed by atoms with E-state index in [4.69, 9.17) is 9.57 Å². The number of nitrogens with zero attached hydrogens (tertiary/aromatic N) is 1. The molecule has 1 N–H and O–H groups in total. The van der Waals surface area contributed by atoms with Crippen LogP contribution in [0.5, 0.6) is 5.75 Å². The highest BCUT2D eigenvalue weighted by Crippen LogP contribution is 2.35. The van der Waals surface area contributed by atoms with Gasteiger partial charge in [-0.3, -0.25) is 4.79 Å². The highest BCUT2D eigenvalue weighted by molar-refractivity contribution is 8.00. The SMILES string of the molecule is CCC(C(=O)NOC1CCCCO1)c1ccccc1S(=O)(=O)N1CCC(Sc2ccc(OC(F)(F)F)cc2)CC1. The molecule has 0 aromatic heterocycles. The number of hydroxylamine groups is 1. The van der Waals surface area contributed by atoms with Gasteiger partial charge in [-0.1, -0.05) is 25.1 Å². The minimum absolute atomic E-state index is 0.0947. The number of nitrogens with one attached hydrogen (secondary N) is 1. The minimum Gasteiger partial charge on any atom is -0.406 e. The Bertz CT molecular complexity index is 1230. The molecule has 0 aliphatic carbocycles. The van der Waals surface area contributed by atoms with Crippen molar-refractivity contribution < 1.29 is 40.7 Å². The van der Waals surface area contributed by atoms with Gasteiger partial charge in [0.1, 0.15) is 5.75 Å². The molecule has 2 unspecified atom stereocenters. The zero-order valence-electron chi connectivity index (χ0n) is 22.1. The molecule has 4 rings (SSSR count). The number of hydrogen-bond acceptors (Lipinski definition) is 7. The van der Waals surface area contributed by atoms with Crippen molar-refractivity contribution in [1.82, 2.24) is 9.79 Å². The van der Waals surface area contributed by atoms with E-state index in [2.05, 4.69) is 10.2 Å². The monoisotopic (exact) mass is 602 g/mol. The minimum atomic E-state index is -4.75. The van der Waals surface area contributed by atoms with E-state index in [0.717, 1.165) is 17.7 Å². The smallest absolute Gasteiger partial charge is 0.406 e. The first kappa shape index (κ1) is 30.6. The summed E-state index contributed by atoms with van der Waals surface area (Å²) in [6.07, 6.45) is -1.19. The van der Waals surface area contributed by atoms with Crippen molar-refractivity contribution in [2.75, 3.05) is 19.7 Å². The van der Waals surface area contributed by atoms with E-state index in [1.807, 2.05) is 6.92 Å². The van der Waals surface area contributed by atoms with Crippen molar-refractivity contribution in [2.24, 2.45) is 0 Å². The number of hydrogen-bond donors (Lipinski definition) is 1. The molecule has 2 heterocycles. The third-order valence-electron chi connectivity index (χ3n) is 6.83. The highest BCUT2D eigenvalue weighted by Gasteiger charge is 2.34. The summed E-state index contributed by atoms with van der Waals surface area (Å²) in [5, 5.41) is 0.101. The molecule has 8 nitrogen and oxygen atoms in total. The molecule has 2 fully saturated rings. The molecule has 2 saturated heterocycles. The van der Waals surface area contributed by atoms with E-state index in [9.17, 15) is 26.4 Å². The van der Waals surface area contributed by atoms with Gasteiger partial charge in [-0.2, -0.15) is 4.31 Å². The summed E-state index contributed by atoms with van der Waals surface area (Å²) in [4.78, 5) is 19.3. The van der Waals surface area contributed by atoms with Crippen LogP contribution in [0.1, 0.15) is 56.9 Å². The normalized spacial score (nSPS) is 20.1. The lowest BCUT2D eigenvalue weighted by Gasteiger charge is -2.32. The molecule has 2 aromatic carbocycles. The predicted molar refractivity (Wildman–Crippen MR) is 143 cm³/mol. The van der Waals surface area contributed by atoms with Crippen LogP contribution in [0, 0.1) is 0 Å². The summed E-state index contributed by atoms with van der Waals surface area (Å²) in [6.45, 7) is 2.95. The van der Waals surface area contributed by atoms with E-state index >= 15 is 0 Å². The van der Waals surface area contributed by atoms with Crippen LogP contribution in [0.3, 0.4) is 0 Å². The summed E-state index contributed by atoms with van der Waals surface area (Å²) in [5.41, 5.74) is 2.88. The number of piperidine rings is 1. The number of amides is 1. The molecule has 2 atom stereocenters. The molecule has 40 heavy (non-hydrogen) atoms. The van der Waals surface area contributed by atoms with E-state index < -0.39 is 34.5 Å².